The van der Waals surface area contributed by atoms with Crippen LogP contribution in [0.5, 0.6) is 0 Å². The quantitative estimate of drug-likeness (QED) is 0.710. The van der Waals surface area contributed by atoms with Crippen LogP contribution in [-0.4, -0.2) is 19.7 Å². The van der Waals surface area contributed by atoms with Gasteiger partial charge in [-0.2, -0.15) is 5.10 Å². The van der Waals surface area contributed by atoms with Gasteiger partial charge in [-0.1, -0.05) is 18.0 Å². The van der Waals surface area contributed by atoms with Crippen molar-refractivity contribution in [1.29, 1.82) is 0 Å². The van der Waals surface area contributed by atoms with Gasteiger partial charge >= 0.3 is 0 Å². The smallest absolute Gasteiger partial charge is 0.110 e. The monoisotopic (exact) mass is 352 g/mol. The Morgan fingerprint density at radius 2 is 2.31 bits per heavy atom. The fourth-order valence-corrected chi connectivity index (χ4v) is 0.974. The van der Waals surface area contributed by atoms with Crippen LogP contribution in [0.4, 0.5) is 0 Å². The van der Waals surface area contributed by atoms with E-state index >= 15 is 0 Å². The third kappa shape index (κ3) is 1.99. The molecular weight excluding hydrogens is 344 g/mol. The summed E-state index contributed by atoms with van der Waals surface area (Å²) in [5.74, 6) is 0.781. The van der Waals surface area contributed by atoms with E-state index in [2.05, 4.69) is 21.2 Å². The van der Waals surface area contributed by atoms with Crippen molar-refractivity contribution in [2.24, 2.45) is 7.05 Å². The van der Waals surface area contributed by atoms with E-state index in [4.69, 9.17) is 0 Å². The van der Waals surface area contributed by atoms with Crippen molar-refractivity contribution >= 4 is 0 Å². The minimum absolute atomic E-state index is 0. The van der Waals surface area contributed by atoms with Crippen molar-refractivity contribution < 1.29 is 20.1 Å². The summed E-state index contributed by atoms with van der Waals surface area (Å²) >= 11 is 0. The standard InChI is InChI=1S/C8H7N4.Ir/c1-12-6-10-11-8(12)7-3-2-4-9-5-7;/h2,4-6H,1H3;/q-1;. The van der Waals surface area contributed by atoms with Crippen molar-refractivity contribution in [1.82, 2.24) is 19.7 Å². The molecule has 0 aliphatic rings. The summed E-state index contributed by atoms with van der Waals surface area (Å²) in [5.41, 5.74) is 0.859. The molecule has 0 fully saturated rings. The fraction of sp³-hybridized carbons (Fsp3) is 0.125. The number of nitrogens with zero attached hydrogens (tertiary/aromatic N) is 4. The average molecular weight is 351 g/mol. The fourth-order valence-electron chi connectivity index (χ4n) is 0.974. The second kappa shape index (κ2) is 4.25. The predicted octanol–water partition coefficient (Wildman–Crippen LogP) is 0.675. The first kappa shape index (κ1) is 10.0. The van der Waals surface area contributed by atoms with E-state index in [9.17, 15) is 0 Å². The van der Waals surface area contributed by atoms with E-state index < -0.39 is 0 Å². The second-order valence-electron chi connectivity index (χ2n) is 2.42. The van der Waals surface area contributed by atoms with Crippen molar-refractivity contribution in [2.45, 2.75) is 0 Å². The zero-order chi connectivity index (χ0) is 8.39. The SMILES string of the molecule is Cn1cnnc1-c1[c-]ccnc1.[Ir]. The van der Waals surface area contributed by atoms with Gasteiger partial charge in [0.15, 0.2) is 0 Å². The maximum Gasteiger partial charge on any atom is 0.110 e. The Balaban J connectivity index is 0.000000845. The minimum Gasteiger partial charge on any atom is -0.360 e. The molecule has 0 aliphatic carbocycles. The number of rotatable bonds is 1. The topological polar surface area (TPSA) is 43.6 Å². The van der Waals surface area contributed by atoms with Crippen LogP contribution in [0.25, 0.3) is 11.4 Å². The van der Waals surface area contributed by atoms with Crippen molar-refractivity contribution in [3.8, 4) is 11.4 Å². The molecule has 0 atom stereocenters. The van der Waals surface area contributed by atoms with Crippen LogP contribution >= 0.6 is 0 Å². The van der Waals surface area contributed by atoms with E-state index in [1.54, 1.807) is 24.8 Å². The van der Waals surface area contributed by atoms with Gasteiger partial charge in [0.1, 0.15) is 6.33 Å². The molecule has 0 saturated carbocycles. The third-order valence-corrected chi connectivity index (χ3v) is 1.56. The second-order valence-corrected chi connectivity index (χ2v) is 2.42. The van der Waals surface area contributed by atoms with Gasteiger partial charge in [-0.15, -0.1) is 17.2 Å². The zero-order valence-corrected chi connectivity index (χ0v) is 9.33. The molecule has 2 aromatic rings. The molecule has 4 nitrogen and oxygen atoms in total. The predicted molar refractivity (Wildman–Crippen MR) is 43.1 cm³/mol. The van der Waals surface area contributed by atoms with Crippen LogP contribution < -0.4 is 0 Å². The number of pyridine rings is 1. The van der Waals surface area contributed by atoms with Gasteiger partial charge in [0.2, 0.25) is 0 Å². The molecule has 0 aliphatic heterocycles. The maximum atomic E-state index is 3.97. The summed E-state index contributed by atoms with van der Waals surface area (Å²) < 4.78 is 1.83. The molecule has 2 aromatic heterocycles. The summed E-state index contributed by atoms with van der Waals surface area (Å²) in [6.07, 6.45) is 5.04. The van der Waals surface area contributed by atoms with E-state index in [-0.39, 0.29) is 20.1 Å². The molecule has 2 rings (SSSR count). The molecule has 1 radical (unpaired) electrons. The zero-order valence-electron chi connectivity index (χ0n) is 6.93. The van der Waals surface area contributed by atoms with Crippen LogP contribution in [0, 0.1) is 6.07 Å². The van der Waals surface area contributed by atoms with Crippen LogP contribution in [0.15, 0.2) is 24.8 Å². The molecule has 0 aromatic carbocycles. The minimum atomic E-state index is 0. The largest absolute Gasteiger partial charge is 0.360 e. The van der Waals surface area contributed by atoms with Gasteiger partial charge in [0, 0.05) is 27.2 Å². The van der Waals surface area contributed by atoms with E-state index in [1.807, 2.05) is 11.6 Å². The molecule has 2 heterocycles. The summed E-state index contributed by atoms with van der Waals surface area (Å²) in [4.78, 5) is 3.97. The summed E-state index contributed by atoms with van der Waals surface area (Å²) in [7, 11) is 1.89. The normalized spacial score (nSPS) is 9.31. The number of hydrogen-bond donors (Lipinski definition) is 0. The molecule has 0 N–H and O–H groups in total. The first-order valence-electron chi connectivity index (χ1n) is 3.54. The Kier molecular flexibility index (Phi) is 3.28. The molecule has 0 saturated heterocycles. The Bertz CT molecular complexity index is 371. The maximum absolute atomic E-state index is 3.97. The Morgan fingerprint density at radius 1 is 1.46 bits per heavy atom. The van der Waals surface area contributed by atoms with Gasteiger partial charge in [-0.3, -0.25) is 0 Å². The van der Waals surface area contributed by atoms with Gasteiger partial charge in [-0.05, 0) is 0 Å². The number of aromatic nitrogens is 4. The molecule has 0 bridgehead atoms. The van der Waals surface area contributed by atoms with Gasteiger partial charge < -0.3 is 9.55 Å². The molecule has 0 unspecified atom stereocenters. The van der Waals surface area contributed by atoms with Crippen LogP contribution in [0.1, 0.15) is 0 Å². The first-order chi connectivity index (χ1) is 5.88. The molecule has 0 spiro atoms. The van der Waals surface area contributed by atoms with E-state index in [1.165, 1.54) is 0 Å². The molecule has 69 valence electrons. The summed E-state index contributed by atoms with van der Waals surface area (Å²) in [5, 5.41) is 7.69. The molecular formula is C8H7IrN4-. The molecule has 0 amide bonds. The average Bonchev–Trinajstić information content (AvgIpc) is 2.53. The van der Waals surface area contributed by atoms with Gasteiger partial charge in [0.05, 0.1) is 5.82 Å². The third-order valence-electron chi connectivity index (χ3n) is 1.56. The van der Waals surface area contributed by atoms with E-state index in [0.717, 1.165) is 11.4 Å². The summed E-state index contributed by atoms with van der Waals surface area (Å²) in [6.45, 7) is 0. The van der Waals surface area contributed by atoms with Crippen molar-refractivity contribution in [2.75, 3.05) is 0 Å². The summed E-state index contributed by atoms with van der Waals surface area (Å²) in [6, 6.07) is 4.78. The Morgan fingerprint density at radius 3 is 2.85 bits per heavy atom. The van der Waals surface area contributed by atoms with Crippen LogP contribution in [0.2, 0.25) is 0 Å². The van der Waals surface area contributed by atoms with Crippen molar-refractivity contribution in [3.05, 3.63) is 30.9 Å². The van der Waals surface area contributed by atoms with Crippen molar-refractivity contribution in [3.63, 3.8) is 0 Å². The van der Waals surface area contributed by atoms with Gasteiger partial charge in [-0.25, -0.2) is 0 Å². The van der Waals surface area contributed by atoms with Crippen LogP contribution in [0.3, 0.4) is 0 Å². The van der Waals surface area contributed by atoms with E-state index in [0.29, 0.717) is 0 Å². The van der Waals surface area contributed by atoms with Gasteiger partial charge in [0.25, 0.3) is 0 Å². The first-order valence-corrected chi connectivity index (χ1v) is 3.54. The Hall–Kier alpha value is -1.06. The number of hydrogen-bond acceptors (Lipinski definition) is 3. The van der Waals surface area contributed by atoms with Crippen LogP contribution in [-0.2, 0) is 27.2 Å². The number of aryl methyl sites for hydroxylation is 1. The Labute approximate surface area is 89.4 Å². The molecule has 13 heavy (non-hydrogen) atoms. The molecule has 5 heteroatoms.